The molecule has 3 N–H and O–H groups in total. The van der Waals surface area contributed by atoms with Gasteiger partial charge in [-0.15, -0.1) is 11.3 Å². The molecule has 0 bridgehead atoms. The van der Waals surface area contributed by atoms with Crippen LogP contribution in [0.4, 0.5) is 5.69 Å². The average molecular weight is 296 g/mol. The standard InChI is InChI=1S/C13H16N2O2S2/c1-2-12(13-4-3-9-18-13)15-19(16,17)11-7-5-10(14)6-8-11/h3-9,12,15H,2,14H2,1H3. The molecule has 0 aliphatic heterocycles. The van der Waals surface area contributed by atoms with Crippen molar-refractivity contribution in [2.24, 2.45) is 0 Å². The van der Waals surface area contributed by atoms with Gasteiger partial charge in [-0.3, -0.25) is 0 Å². The number of nitrogen functional groups attached to an aromatic ring is 1. The number of nitrogens with one attached hydrogen (secondary N) is 1. The van der Waals surface area contributed by atoms with E-state index in [1.807, 2.05) is 24.4 Å². The van der Waals surface area contributed by atoms with E-state index in [0.29, 0.717) is 12.1 Å². The Hall–Kier alpha value is -1.37. The zero-order valence-electron chi connectivity index (χ0n) is 10.5. The summed E-state index contributed by atoms with van der Waals surface area (Å²) in [4.78, 5) is 1.25. The maximum atomic E-state index is 12.3. The molecular weight excluding hydrogens is 280 g/mol. The molecule has 0 aliphatic rings. The Labute approximate surface area is 117 Å². The molecule has 1 unspecified atom stereocenters. The van der Waals surface area contributed by atoms with Gasteiger partial charge < -0.3 is 5.73 Å². The fraction of sp³-hybridized carbons (Fsp3) is 0.231. The summed E-state index contributed by atoms with van der Waals surface area (Å²) in [5.41, 5.74) is 6.11. The normalized spacial score (nSPS) is 13.3. The molecule has 4 nitrogen and oxygen atoms in total. The zero-order chi connectivity index (χ0) is 13.9. The molecule has 1 aromatic carbocycles. The third-order valence-corrected chi connectivity index (χ3v) is 5.26. The second-order valence-corrected chi connectivity index (χ2v) is 6.86. The molecule has 1 atom stereocenters. The first-order valence-corrected chi connectivity index (χ1v) is 8.30. The first kappa shape index (κ1) is 14.0. The van der Waals surface area contributed by atoms with Crippen molar-refractivity contribution in [1.29, 1.82) is 0 Å². The number of hydrogen-bond donors (Lipinski definition) is 2. The van der Waals surface area contributed by atoms with Crippen LogP contribution < -0.4 is 10.5 Å². The van der Waals surface area contributed by atoms with Crippen LogP contribution in [-0.2, 0) is 10.0 Å². The third-order valence-electron chi connectivity index (χ3n) is 2.78. The summed E-state index contributed by atoms with van der Waals surface area (Å²) in [6.45, 7) is 1.95. The first-order chi connectivity index (χ1) is 9.03. The van der Waals surface area contributed by atoms with Gasteiger partial charge in [0.1, 0.15) is 0 Å². The van der Waals surface area contributed by atoms with Gasteiger partial charge in [-0.05, 0) is 42.1 Å². The predicted molar refractivity (Wildman–Crippen MR) is 78.5 cm³/mol. The van der Waals surface area contributed by atoms with E-state index < -0.39 is 10.0 Å². The van der Waals surface area contributed by atoms with E-state index in [4.69, 9.17) is 5.73 Å². The molecule has 2 rings (SSSR count). The maximum absolute atomic E-state index is 12.3. The Balaban J connectivity index is 2.23. The molecule has 1 heterocycles. The van der Waals surface area contributed by atoms with Crippen molar-refractivity contribution in [2.75, 3.05) is 5.73 Å². The van der Waals surface area contributed by atoms with Gasteiger partial charge in [-0.1, -0.05) is 13.0 Å². The van der Waals surface area contributed by atoms with E-state index in [2.05, 4.69) is 4.72 Å². The Kier molecular flexibility index (Phi) is 4.24. The number of anilines is 1. The molecule has 0 spiro atoms. The Bertz CT molecular complexity index is 619. The van der Waals surface area contributed by atoms with Crippen LogP contribution in [0, 0.1) is 0 Å². The Morgan fingerprint density at radius 2 is 1.95 bits per heavy atom. The summed E-state index contributed by atoms with van der Waals surface area (Å²) in [6.07, 6.45) is 0.703. The monoisotopic (exact) mass is 296 g/mol. The van der Waals surface area contributed by atoms with Crippen LogP contribution in [0.1, 0.15) is 24.3 Å². The SMILES string of the molecule is CCC(NS(=O)(=O)c1ccc(N)cc1)c1cccs1. The van der Waals surface area contributed by atoms with E-state index in [-0.39, 0.29) is 10.9 Å². The highest BCUT2D eigenvalue weighted by molar-refractivity contribution is 7.89. The lowest BCUT2D eigenvalue weighted by atomic mass is 10.2. The van der Waals surface area contributed by atoms with Crippen LogP contribution in [0.15, 0.2) is 46.7 Å². The van der Waals surface area contributed by atoms with Crippen molar-refractivity contribution in [3.63, 3.8) is 0 Å². The van der Waals surface area contributed by atoms with Crippen LogP contribution in [0.25, 0.3) is 0 Å². The summed E-state index contributed by atoms with van der Waals surface area (Å²) in [5.74, 6) is 0. The van der Waals surface area contributed by atoms with Gasteiger partial charge in [0.2, 0.25) is 10.0 Å². The van der Waals surface area contributed by atoms with Gasteiger partial charge in [0.15, 0.2) is 0 Å². The van der Waals surface area contributed by atoms with E-state index in [0.717, 1.165) is 4.88 Å². The molecule has 102 valence electrons. The minimum absolute atomic E-state index is 0.192. The van der Waals surface area contributed by atoms with E-state index >= 15 is 0 Å². The van der Waals surface area contributed by atoms with Crippen LogP contribution in [0.3, 0.4) is 0 Å². The van der Waals surface area contributed by atoms with Crippen molar-refractivity contribution in [3.8, 4) is 0 Å². The Morgan fingerprint density at radius 3 is 2.47 bits per heavy atom. The number of nitrogens with two attached hydrogens (primary N) is 1. The van der Waals surface area contributed by atoms with Gasteiger partial charge >= 0.3 is 0 Å². The number of sulfonamides is 1. The maximum Gasteiger partial charge on any atom is 0.241 e. The van der Waals surface area contributed by atoms with E-state index in [1.54, 1.807) is 23.5 Å². The van der Waals surface area contributed by atoms with Gasteiger partial charge in [-0.25, -0.2) is 13.1 Å². The molecule has 2 aromatic rings. The lowest BCUT2D eigenvalue weighted by Crippen LogP contribution is -2.27. The first-order valence-electron chi connectivity index (χ1n) is 5.94. The van der Waals surface area contributed by atoms with Gasteiger partial charge in [0.05, 0.1) is 10.9 Å². The largest absolute Gasteiger partial charge is 0.399 e. The number of benzene rings is 1. The molecule has 0 fully saturated rings. The molecule has 0 saturated heterocycles. The van der Waals surface area contributed by atoms with Gasteiger partial charge in [-0.2, -0.15) is 0 Å². The summed E-state index contributed by atoms with van der Waals surface area (Å²) in [6, 6.07) is 9.85. The predicted octanol–water partition coefficient (Wildman–Crippen LogP) is 2.76. The fourth-order valence-corrected chi connectivity index (χ4v) is 3.97. The average Bonchev–Trinajstić information content (AvgIpc) is 2.90. The molecule has 0 amide bonds. The molecular formula is C13H16N2O2S2. The van der Waals surface area contributed by atoms with Crippen molar-refractivity contribution in [2.45, 2.75) is 24.3 Å². The number of hydrogen-bond acceptors (Lipinski definition) is 4. The zero-order valence-corrected chi connectivity index (χ0v) is 12.2. The van der Waals surface area contributed by atoms with Crippen molar-refractivity contribution in [3.05, 3.63) is 46.7 Å². The lowest BCUT2D eigenvalue weighted by Gasteiger charge is -2.15. The quantitative estimate of drug-likeness (QED) is 0.833. The van der Waals surface area contributed by atoms with Crippen molar-refractivity contribution < 1.29 is 8.42 Å². The van der Waals surface area contributed by atoms with E-state index in [9.17, 15) is 8.42 Å². The van der Waals surface area contributed by atoms with Crippen LogP contribution >= 0.6 is 11.3 Å². The number of thiophene rings is 1. The number of rotatable bonds is 5. The fourth-order valence-electron chi connectivity index (χ4n) is 1.73. The summed E-state index contributed by atoms with van der Waals surface area (Å²) in [7, 11) is -3.51. The van der Waals surface area contributed by atoms with Crippen LogP contribution in [-0.4, -0.2) is 8.42 Å². The Morgan fingerprint density at radius 1 is 1.26 bits per heavy atom. The molecule has 6 heteroatoms. The van der Waals surface area contributed by atoms with Gasteiger partial charge in [0.25, 0.3) is 0 Å². The highest BCUT2D eigenvalue weighted by Gasteiger charge is 2.20. The van der Waals surface area contributed by atoms with Gasteiger partial charge in [0, 0.05) is 10.6 Å². The third kappa shape index (κ3) is 3.34. The van der Waals surface area contributed by atoms with Crippen LogP contribution in [0.2, 0.25) is 0 Å². The highest BCUT2D eigenvalue weighted by atomic mass is 32.2. The smallest absolute Gasteiger partial charge is 0.241 e. The second kappa shape index (κ2) is 5.73. The lowest BCUT2D eigenvalue weighted by molar-refractivity contribution is 0.553. The summed E-state index contributed by atoms with van der Waals surface area (Å²) < 4.78 is 27.2. The molecule has 19 heavy (non-hydrogen) atoms. The molecule has 0 radical (unpaired) electrons. The molecule has 0 aliphatic carbocycles. The summed E-state index contributed by atoms with van der Waals surface area (Å²) in [5, 5.41) is 1.94. The van der Waals surface area contributed by atoms with Crippen molar-refractivity contribution in [1.82, 2.24) is 4.72 Å². The van der Waals surface area contributed by atoms with E-state index in [1.165, 1.54) is 12.1 Å². The molecule has 1 aromatic heterocycles. The minimum atomic E-state index is -3.51. The van der Waals surface area contributed by atoms with Crippen molar-refractivity contribution >= 4 is 27.0 Å². The topological polar surface area (TPSA) is 72.2 Å². The van der Waals surface area contributed by atoms with Crippen LogP contribution in [0.5, 0.6) is 0 Å². The second-order valence-electron chi connectivity index (χ2n) is 4.17. The highest BCUT2D eigenvalue weighted by Crippen LogP contribution is 2.24. The summed E-state index contributed by atoms with van der Waals surface area (Å²) >= 11 is 1.55. The molecule has 0 saturated carbocycles. The minimum Gasteiger partial charge on any atom is -0.399 e.